The first-order chi connectivity index (χ1) is 15.0. The molecule has 1 atom stereocenters. The molecule has 4 aromatic carbocycles. The maximum absolute atomic E-state index is 11.0. The number of hydrogen-bond donors (Lipinski definition) is 1. The number of aliphatic hydroxyl groups is 1. The van der Waals surface area contributed by atoms with Crippen molar-refractivity contribution in [3.63, 3.8) is 0 Å². The summed E-state index contributed by atoms with van der Waals surface area (Å²) in [6.45, 7) is 8.40. The molecule has 0 heterocycles. The molecule has 0 spiro atoms. The summed E-state index contributed by atoms with van der Waals surface area (Å²) in [4.78, 5) is 0. The Morgan fingerprint density at radius 3 is 1.42 bits per heavy atom. The molecule has 4 aromatic rings. The smallest absolute Gasteiger partial charge is 0.0793 e. The van der Waals surface area contributed by atoms with Crippen LogP contribution in [0.3, 0.4) is 0 Å². The Morgan fingerprint density at radius 1 is 0.581 bits per heavy atom. The van der Waals surface area contributed by atoms with Crippen molar-refractivity contribution in [3.05, 3.63) is 107 Å². The quantitative estimate of drug-likeness (QED) is 0.355. The molecule has 1 nitrogen and oxygen atoms in total. The fourth-order valence-corrected chi connectivity index (χ4v) is 4.28. The van der Waals surface area contributed by atoms with E-state index >= 15 is 0 Å². The Kier molecular flexibility index (Phi) is 6.06. The minimum Gasteiger partial charge on any atom is -0.388 e. The van der Waals surface area contributed by atoms with Crippen molar-refractivity contribution in [2.45, 2.75) is 40.2 Å². The zero-order valence-corrected chi connectivity index (χ0v) is 18.8. The van der Waals surface area contributed by atoms with E-state index in [1.54, 1.807) is 0 Å². The summed E-state index contributed by atoms with van der Waals surface area (Å²) in [6, 6.07) is 30.3. The van der Waals surface area contributed by atoms with Crippen LogP contribution in [0, 0.1) is 20.8 Å². The van der Waals surface area contributed by atoms with Crippen LogP contribution in [0.2, 0.25) is 0 Å². The van der Waals surface area contributed by atoms with Crippen LogP contribution in [0.15, 0.2) is 84.9 Å². The van der Waals surface area contributed by atoms with Gasteiger partial charge >= 0.3 is 0 Å². The van der Waals surface area contributed by atoms with Gasteiger partial charge in [0.25, 0.3) is 0 Å². The van der Waals surface area contributed by atoms with Gasteiger partial charge in [0.15, 0.2) is 0 Å². The summed E-state index contributed by atoms with van der Waals surface area (Å²) >= 11 is 0. The summed E-state index contributed by atoms with van der Waals surface area (Å²) < 4.78 is 0. The molecule has 4 rings (SSSR count). The van der Waals surface area contributed by atoms with E-state index in [2.05, 4.69) is 106 Å². The average molecular weight is 407 g/mol. The molecule has 0 aromatic heterocycles. The second-order valence-corrected chi connectivity index (χ2v) is 8.52. The van der Waals surface area contributed by atoms with E-state index < -0.39 is 6.10 Å². The molecule has 0 amide bonds. The summed E-state index contributed by atoms with van der Waals surface area (Å²) in [7, 11) is 0. The first-order valence-corrected chi connectivity index (χ1v) is 11.0. The monoisotopic (exact) mass is 406 g/mol. The normalized spacial score (nSPS) is 12.0. The van der Waals surface area contributed by atoms with Gasteiger partial charge in [-0.15, -0.1) is 0 Å². The second kappa shape index (κ2) is 8.91. The van der Waals surface area contributed by atoms with Crippen molar-refractivity contribution < 1.29 is 5.11 Å². The fraction of sp³-hybridized carbons (Fsp3) is 0.200. The topological polar surface area (TPSA) is 20.2 Å². The van der Waals surface area contributed by atoms with Gasteiger partial charge in [-0.05, 0) is 78.3 Å². The molecule has 0 aliphatic heterocycles. The molecular weight excluding hydrogens is 376 g/mol. The largest absolute Gasteiger partial charge is 0.388 e. The summed E-state index contributed by atoms with van der Waals surface area (Å²) in [5, 5.41) is 11.0. The zero-order chi connectivity index (χ0) is 22.0. The molecule has 0 unspecified atom stereocenters. The van der Waals surface area contributed by atoms with Crippen LogP contribution in [-0.2, 0) is 0 Å². The van der Waals surface area contributed by atoms with Gasteiger partial charge in [-0.2, -0.15) is 0 Å². The van der Waals surface area contributed by atoms with Crippen LogP contribution in [-0.4, -0.2) is 5.11 Å². The van der Waals surface area contributed by atoms with Gasteiger partial charge in [0.2, 0.25) is 0 Å². The molecule has 1 heteroatoms. The summed E-state index contributed by atoms with van der Waals surface area (Å²) in [6.07, 6.45) is 0.168. The second-order valence-electron chi connectivity index (χ2n) is 8.52. The molecule has 0 aliphatic rings. The van der Waals surface area contributed by atoms with Gasteiger partial charge in [-0.3, -0.25) is 0 Å². The maximum atomic E-state index is 11.0. The highest BCUT2D eigenvalue weighted by molar-refractivity contribution is 5.89. The van der Waals surface area contributed by atoms with Gasteiger partial charge in [-0.1, -0.05) is 96.4 Å². The lowest BCUT2D eigenvalue weighted by molar-refractivity contribution is 0.174. The van der Waals surface area contributed by atoms with Gasteiger partial charge in [0.1, 0.15) is 0 Å². The standard InChI is InChI=1S/C30H30O/c1-5-30(31)29-19-27(24-13-7-10-21(3)16-24)26(23-12-6-9-20(2)15-23)18-28(29)25-14-8-11-22(4)17-25/h6-19,30-31H,5H2,1-4H3/t30-/m0/s1. The molecule has 0 saturated carbocycles. The van der Waals surface area contributed by atoms with E-state index in [0.29, 0.717) is 6.42 Å². The van der Waals surface area contributed by atoms with Crippen LogP contribution < -0.4 is 0 Å². The van der Waals surface area contributed by atoms with Gasteiger partial charge in [0.05, 0.1) is 6.10 Å². The predicted molar refractivity (Wildman–Crippen MR) is 132 cm³/mol. The van der Waals surface area contributed by atoms with Crippen LogP contribution in [0.5, 0.6) is 0 Å². The Morgan fingerprint density at radius 2 is 1.00 bits per heavy atom. The van der Waals surface area contributed by atoms with Crippen molar-refractivity contribution in [2.24, 2.45) is 0 Å². The number of hydrogen-bond acceptors (Lipinski definition) is 1. The molecule has 1 N–H and O–H groups in total. The first-order valence-electron chi connectivity index (χ1n) is 11.0. The van der Waals surface area contributed by atoms with E-state index in [1.165, 1.54) is 33.4 Å². The minimum absolute atomic E-state index is 0.509. The zero-order valence-electron chi connectivity index (χ0n) is 18.8. The summed E-state index contributed by atoms with van der Waals surface area (Å²) in [5.41, 5.74) is 11.6. The predicted octanol–water partition coefficient (Wildman–Crippen LogP) is 8.06. The van der Waals surface area contributed by atoms with Gasteiger partial charge < -0.3 is 5.11 Å². The summed E-state index contributed by atoms with van der Waals surface area (Å²) in [5.74, 6) is 0. The van der Waals surface area contributed by atoms with Crippen LogP contribution in [0.1, 0.15) is 41.7 Å². The maximum Gasteiger partial charge on any atom is 0.0793 e. The van der Waals surface area contributed by atoms with Crippen molar-refractivity contribution in [1.82, 2.24) is 0 Å². The minimum atomic E-state index is -0.509. The molecular formula is C30H30O. The molecule has 0 aliphatic carbocycles. The third kappa shape index (κ3) is 4.47. The Hall–Kier alpha value is -3.16. The molecule has 0 bridgehead atoms. The highest BCUT2D eigenvalue weighted by atomic mass is 16.3. The highest BCUT2D eigenvalue weighted by Crippen LogP contribution is 2.41. The molecule has 156 valence electrons. The lowest BCUT2D eigenvalue weighted by Gasteiger charge is -2.21. The third-order valence-corrected chi connectivity index (χ3v) is 5.92. The lowest BCUT2D eigenvalue weighted by atomic mass is 9.85. The van der Waals surface area contributed by atoms with E-state index in [-0.39, 0.29) is 0 Å². The van der Waals surface area contributed by atoms with Crippen molar-refractivity contribution in [3.8, 4) is 33.4 Å². The number of aliphatic hydroxyl groups excluding tert-OH is 1. The molecule has 31 heavy (non-hydrogen) atoms. The Labute approximate surface area is 186 Å². The third-order valence-electron chi connectivity index (χ3n) is 5.92. The van der Waals surface area contributed by atoms with Crippen molar-refractivity contribution in [2.75, 3.05) is 0 Å². The lowest BCUT2D eigenvalue weighted by Crippen LogP contribution is -2.01. The SMILES string of the molecule is CC[C@H](O)c1cc(-c2cccc(C)c2)c(-c2cccc(C)c2)cc1-c1cccc(C)c1. The average Bonchev–Trinajstić information content (AvgIpc) is 2.77. The Bertz CT molecular complexity index is 1220. The van der Waals surface area contributed by atoms with Gasteiger partial charge in [0, 0.05) is 0 Å². The van der Waals surface area contributed by atoms with E-state index in [0.717, 1.165) is 22.3 Å². The van der Waals surface area contributed by atoms with E-state index in [1.807, 2.05) is 6.92 Å². The van der Waals surface area contributed by atoms with Crippen molar-refractivity contribution >= 4 is 0 Å². The fourth-order valence-electron chi connectivity index (χ4n) is 4.28. The number of aryl methyl sites for hydroxylation is 3. The molecule has 0 radical (unpaired) electrons. The van der Waals surface area contributed by atoms with Crippen LogP contribution in [0.25, 0.3) is 33.4 Å². The number of rotatable bonds is 5. The van der Waals surface area contributed by atoms with E-state index in [4.69, 9.17) is 0 Å². The van der Waals surface area contributed by atoms with Crippen molar-refractivity contribution in [1.29, 1.82) is 0 Å². The van der Waals surface area contributed by atoms with Gasteiger partial charge in [-0.25, -0.2) is 0 Å². The van der Waals surface area contributed by atoms with Crippen LogP contribution in [0.4, 0.5) is 0 Å². The van der Waals surface area contributed by atoms with E-state index in [9.17, 15) is 5.11 Å². The highest BCUT2D eigenvalue weighted by Gasteiger charge is 2.18. The first kappa shape index (κ1) is 21.1. The Balaban J connectivity index is 2.06. The van der Waals surface area contributed by atoms with Crippen LogP contribution >= 0.6 is 0 Å². The molecule has 0 saturated heterocycles. The molecule has 0 fully saturated rings. The number of benzene rings is 4.